The molecule has 9 aromatic carbocycles. The average Bonchev–Trinajstić information content (AvgIpc) is 3.84. The second-order valence-corrected chi connectivity index (χ2v) is 16.2. The summed E-state index contributed by atoms with van der Waals surface area (Å²) < 4.78 is 5.31. The summed E-state index contributed by atoms with van der Waals surface area (Å²) in [6.07, 6.45) is 0. The molecule has 11 aromatic rings. The van der Waals surface area contributed by atoms with Gasteiger partial charge in [-0.3, -0.25) is 0 Å². The highest BCUT2D eigenvalue weighted by Crippen LogP contribution is 2.44. The number of rotatable bonds is 6. The lowest BCUT2D eigenvalue weighted by Crippen LogP contribution is -2.10. The second-order valence-electron chi connectivity index (χ2n) is 14.1. The van der Waals surface area contributed by atoms with Gasteiger partial charge in [-0.25, -0.2) is 0 Å². The van der Waals surface area contributed by atoms with Crippen molar-refractivity contribution < 1.29 is 0 Å². The van der Waals surface area contributed by atoms with Crippen LogP contribution in [-0.2, 0) is 0 Å². The maximum Gasteiger partial charge on any atom is 0.0467 e. The molecule has 0 aliphatic heterocycles. The van der Waals surface area contributed by atoms with E-state index in [1.807, 2.05) is 22.7 Å². The average molecular weight is 736 g/mol. The molecular weight excluding hydrogens is 703 g/mol. The number of nitrogens with zero attached hydrogens (tertiary/aromatic N) is 1. The van der Waals surface area contributed by atoms with Gasteiger partial charge >= 0.3 is 0 Å². The Morgan fingerprint density at radius 3 is 1.65 bits per heavy atom. The predicted molar refractivity (Wildman–Crippen MR) is 241 cm³/mol. The Bertz CT molecular complexity index is 3190. The zero-order valence-corrected chi connectivity index (χ0v) is 31.4. The molecule has 0 amide bonds. The van der Waals surface area contributed by atoms with Crippen molar-refractivity contribution in [2.45, 2.75) is 0 Å². The first-order valence-electron chi connectivity index (χ1n) is 18.7. The first-order valence-corrected chi connectivity index (χ1v) is 20.3. The van der Waals surface area contributed by atoms with Gasteiger partial charge in [0.2, 0.25) is 0 Å². The van der Waals surface area contributed by atoms with E-state index < -0.39 is 0 Å². The number of hydrogen-bond acceptors (Lipinski definition) is 3. The maximum atomic E-state index is 2.39. The van der Waals surface area contributed by atoms with Crippen molar-refractivity contribution in [3.63, 3.8) is 0 Å². The summed E-state index contributed by atoms with van der Waals surface area (Å²) in [4.78, 5) is 2.39. The fraction of sp³-hybridized carbons (Fsp3) is 0. The van der Waals surface area contributed by atoms with Gasteiger partial charge in [0, 0.05) is 57.4 Å². The van der Waals surface area contributed by atoms with E-state index in [1.54, 1.807) is 0 Å². The standard InChI is InChI=1S/C52H33NS2/c1-2-11-34(12-3-1)35-23-27-38(28-24-35)53(40-14-8-13-37(33-40)42-18-10-20-46-44-15-4-6-21-48(44)55-52(42)46)39-29-25-36(26-30-39)41-17-9-19-45-43(41)31-32-50-51(45)47-16-5-7-22-49(47)54-50/h1-33H. The van der Waals surface area contributed by atoms with Gasteiger partial charge in [-0.1, -0.05) is 146 Å². The summed E-state index contributed by atoms with van der Waals surface area (Å²) in [6.45, 7) is 0. The fourth-order valence-corrected chi connectivity index (χ4v) is 10.7. The lowest BCUT2D eigenvalue weighted by molar-refractivity contribution is 1.28. The topological polar surface area (TPSA) is 3.24 Å². The number of benzene rings is 9. The first kappa shape index (κ1) is 32.0. The minimum atomic E-state index is 1.11. The Labute approximate surface area is 327 Å². The molecule has 0 saturated heterocycles. The molecule has 0 unspecified atom stereocenters. The summed E-state index contributed by atoms with van der Waals surface area (Å²) in [5.41, 5.74) is 10.7. The Balaban J connectivity index is 1.03. The van der Waals surface area contributed by atoms with E-state index in [0.29, 0.717) is 0 Å². The molecule has 258 valence electrons. The molecule has 0 aliphatic rings. The summed E-state index contributed by atoms with van der Waals surface area (Å²) in [7, 11) is 0. The van der Waals surface area contributed by atoms with Gasteiger partial charge in [-0.15, -0.1) is 22.7 Å². The first-order chi connectivity index (χ1) is 27.3. The van der Waals surface area contributed by atoms with Crippen molar-refractivity contribution in [2.24, 2.45) is 0 Å². The van der Waals surface area contributed by atoms with Gasteiger partial charge in [-0.2, -0.15) is 0 Å². The lowest BCUT2D eigenvalue weighted by Gasteiger charge is -2.26. The minimum absolute atomic E-state index is 1.11. The molecule has 1 nitrogen and oxygen atoms in total. The normalized spacial score (nSPS) is 11.6. The smallest absolute Gasteiger partial charge is 0.0467 e. The van der Waals surface area contributed by atoms with Gasteiger partial charge in [0.25, 0.3) is 0 Å². The van der Waals surface area contributed by atoms with Crippen LogP contribution in [0.15, 0.2) is 200 Å². The highest BCUT2D eigenvalue weighted by Gasteiger charge is 2.17. The van der Waals surface area contributed by atoms with E-state index in [9.17, 15) is 0 Å². The van der Waals surface area contributed by atoms with Crippen LogP contribution in [0.5, 0.6) is 0 Å². The summed E-state index contributed by atoms with van der Waals surface area (Å²) >= 11 is 3.75. The fourth-order valence-electron chi connectivity index (χ4n) is 8.29. The van der Waals surface area contributed by atoms with Crippen LogP contribution in [0.3, 0.4) is 0 Å². The molecule has 11 rings (SSSR count). The predicted octanol–water partition coefficient (Wildman–Crippen LogP) is 16.0. The van der Waals surface area contributed by atoms with E-state index >= 15 is 0 Å². The van der Waals surface area contributed by atoms with Gasteiger partial charge in [-0.05, 0) is 98.8 Å². The van der Waals surface area contributed by atoms with Gasteiger partial charge in [0.15, 0.2) is 0 Å². The summed E-state index contributed by atoms with van der Waals surface area (Å²) in [6, 6.07) is 73.3. The molecule has 0 fully saturated rings. The molecule has 0 bridgehead atoms. The Hall–Kier alpha value is -6.52. The third-order valence-corrected chi connectivity index (χ3v) is 13.2. The molecule has 2 heterocycles. The monoisotopic (exact) mass is 735 g/mol. The van der Waals surface area contributed by atoms with Crippen LogP contribution in [-0.4, -0.2) is 0 Å². The van der Waals surface area contributed by atoms with Crippen molar-refractivity contribution in [1.29, 1.82) is 0 Å². The third kappa shape index (κ3) is 5.43. The summed E-state index contributed by atoms with van der Waals surface area (Å²) in [5.74, 6) is 0. The molecule has 0 N–H and O–H groups in total. The number of thiophene rings is 2. The lowest BCUT2D eigenvalue weighted by atomic mass is 9.95. The molecule has 0 saturated carbocycles. The molecule has 0 atom stereocenters. The Kier molecular flexibility index (Phi) is 7.61. The van der Waals surface area contributed by atoms with Crippen LogP contribution in [0.4, 0.5) is 17.1 Å². The summed E-state index contributed by atoms with van der Waals surface area (Å²) in [5, 5.41) is 7.91. The Morgan fingerprint density at radius 1 is 0.291 bits per heavy atom. The number of anilines is 3. The van der Waals surface area contributed by atoms with E-state index in [2.05, 4.69) is 205 Å². The van der Waals surface area contributed by atoms with Crippen LogP contribution < -0.4 is 4.90 Å². The van der Waals surface area contributed by atoms with Crippen LogP contribution in [0.1, 0.15) is 0 Å². The van der Waals surface area contributed by atoms with Crippen molar-refractivity contribution in [3.8, 4) is 33.4 Å². The van der Waals surface area contributed by atoms with Crippen LogP contribution in [0.25, 0.3) is 84.5 Å². The van der Waals surface area contributed by atoms with Gasteiger partial charge in [0.05, 0.1) is 0 Å². The molecule has 0 radical (unpaired) electrons. The van der Waals surface area contributed by atoms with E-state index in [4.69, 9.17) is 0 Å². The quantitative estimate of drug-likeness (QED) is 0.164. The van der Waals surface area contributed by atoms with Crippen LogP contribution in [0.2, 0.25) is 0 Å². The molecule has 0 spiro atoms. The van der Waals surface area contributed by atoms with Crippen molar-refractivity contribution in [2.75, 3.05) is 4.90 Å². The second kappa shape index (κ2) is 13.1. The van der Waals surface area contributed by atoms with E-state index in [-0.39, 0.29) is 0 Å². The SMILES string of the molecule is c1ccc(-c2ccc(N(c3ccc(-c4cccc5c4ccc4sc6ccccc6c45)cc3)c3cccc(-c4cccc5c4sc4ccccc45)c3)cc2)cc1. The molecular formula is C52H33NS2. The zero-order valence-electron chi connectivity index (χ0n) is 29.8. The van der Waals surface area contributed by atoms with Crippen molar-refractivity contribution in [1.82, 2.24) is 0 Å². The Morgan fingerprint density at radius 2 is 0.873 bits per heavy atom. The van der Waals surface area contributed by atoms with Gasteiger partial charge in [0.1, 0.15) is 0 Å². The van der Waals surface area contributed by atoms with Crippen LogP contribution >= 0.6 is 22.7 Å². The van der Waals surface area contributed by atoms with Crippen LogP contribution in [0, 0.1) is 0 Å². The van der Waals surface area contributed by atoms with Crippen molar-refractivity contribution >= 4 is 90.9 Å². The highest BCUT2D eigenvalue weighted by atomic mass is 32.1. The van der Waals surface area contributed by atoms with Crippen molar-refractivity contribution in [3.05, 3.63) is 200 Å². The number of fused-ring (bicyclic) bond motifs is 8. The van der Waals surface area contributed by atoms with Gasteiger partial charge < -0.3 is 4.90 Å². The molecule has 2 aromatic heterocycles. The maximum absolute atomic E-state index is 2.39. The number of hydrogen-bond donors (Lipinski definition) is 0. The third-order valence-electron chi connectivity index (χ3n) is 10.9. The molecule has 55 heavy (non-hydrogen) atoms. The molecule has 3 heteroatoms. The van der Waals surface area contributed by atoms with E-state index in [1.165, 1.54) is 84.5 Å². The van der Waals surface area contributed by atoms with E-state index in [0.717, 1.165) is 17.1 Å². The minimum Gasteiger partial charge on any atom is -0.310 e. The largest absolute Gasteiger partial charge is 0.310 e. The highest BCUT2D eigenvalue weighted by molar-refractivity contribution is 7.26. The molecule has 0 aliphatic carbocycles. The zero-order chi connectivity index (χ0) is 36.3.